The molecule has 1 aromatic rings. The van der Waals surface area contributed by atoms with Crippen molar-refractivity contribution in [1.29, 1.82) is 0 Å². The van der Waals surface area contributed by atoms with Crippen molar-refractivity contribution in [2.75, 3.05) is 52.4 Å². The van der Waals surface area contributed by atoms with Crippen molar-refractivity contribution in [2.45, 2.75) is 19.9 Å². The highest BCUT2D eigenvalue weighted by Crippen LogP contribution is 2.23. The van der Waals surface area contributed by atoms with Crippen LogP contribution in [0.3, 0.4) is 0 Å². The Morgan fingerprint density at radius 2 is 1.83 bits per heavy atom. The molecule has 5 nitrogen and oxygen atoms in total. The molecule has 0 saturated carbocycles. The molecule has 0 unspecified atom stereocenters. The minimum atomic E-state index is 0.203. The first kappa shape index (κ1) is 17.2. The third-order valence-corrected chi connectivity index (χ3v) is 5.30. The highest BCUT2D eigenvalue weighted by molar-refractivity contribution is 5.73. The number of nitrogens with zero attached hydrogens (tertiary/aromatic N) is 3. The van der Waals surface area contributed by atoms with Gasteiger partial charge in [0.15, 0.2) is 0 Å². The van der Waals surface area contributed by atoms with E-state index in [0.717, 1.165) is 58.2 Å². The predicted octanol–water partition coefficient (Wildman–Crippen LogP) is 1.55. The van der Waals surface area contributed by atoms with Crippen LogP contribution in [-0.2, 0) is 4.79 Å². The van der Waals surface area contributed by atoms with Crippen LogP contribution < -0.4 is 4.74 Å². The van der Waals surface area contributed by atoms with Gasteiger partial charge >= 0.3 is 0 Å². The summed E-state index contributed by atoms with van der Waals surface area (Å²) in [5.41, 5.74) is 0. The predicted molar refractivity (Wildman–Crippen MR) is 95.2 cm³/mol. The molecular weight excluding hydrogens is 302 g/mol. The molecule has 0 aromatic heterocycles. The Morgan fingerprint density at radius 3 is 2.50 bits per heavy atom. The summed E-state index contributed by atoms with van der Waals surface area (Å²) in [6, 6.07) is 10.6. The second-order valence-electron chi connectivity index (χ2n) is 7.01. The van der Waals surface area contributed by atoms with Gasteiger partial charge in [0, 0.05) is 58.8 Å². The fourth-order valence-corrected chi connectivity index (χ4v) is 3.88. The summed E-state index contributed by atoms with van der Waals surface area (Å²) in [6.07, 6.45) is 0. The molecule has 24 heavy (non-hydrogen) atoms. The molecule has 1 amide bonds. The lowest BCUT2D eigenvalue weighted by molar-refractivity contribution is -0.130. The van der Waals surface area contributed by atoms with Gasteiger partial charge in [0.25, 0.3) is 0 Å². The summed E-state index contributed by atoms with van der Waals surface area (Å²) in [5, 5.41) is 0. The molecule has 5 heteroatoms. The van der Waals surface area contributed by atoms with Crippen LogP contribution in [0.15, 0.2) is 30.3 Å². The minimum Gasteiger partial charge on any atom is -0.492 e. The highest BCUT2D eigenvalue weighted by atomic mass is 16.5. The van der Waals surface area contributed by atoms with Gasteiger partial charge in [0.1, 0.15) is 12.4 Å². The lowest BCUT2D eigenvalue weighted by Crippen LogP contribution is -2.53. The molecule has 2 aliphatic rings. The lowest BCUT2D eigenvalue weighted by Gasteiger charge is -2.39. The van der Waals surface area contributed by atoms with Crippen molar-refractivity contribution in [3.05, 3.63) is 30.3 Å². The molecule has 0 spiro atoms. The molecule has 2 fully saturated rings. The molecular formula is C19H29N3O2. The first-order chi connectivity index (χ1) is 11.6. The van der Waals surface area contributed by atoms with E-state index in [1.807, 2.05) is 35.2 Å². The Labute approximate surface area is 145 Å². The third-order valence-electron chi connectivity index (χ3n) is 5.30. The van der Waals surface area contributed by atoms with Gasteiger partial charge in [0.05, 0.1) is 0 Å². The number of hydrogen-bond acceptors (Lipinski definition) is 4. The van der Waals surface area contributed by atoms with Crippen LogP contribution in [0.4, 0.5) is 0 Å². The van der Waals surface area contributed by atoms with Gasteiger partial charge in [-0.25, -0.2) is 0 Å². The fourth-order valence-electron chi connectivity index (χ4n) is 3.88. The van der Waals surface area contributed by atoms with E-state index in [4.69, 9.17) is 4.74 Å². The topological polar surface area (TPSA) is 36.0 Å². The van der Waals surface area contributed by atoms with Crippen molar-refractivity contribution in [3.8, 4) is 5.75 Å². The van der Waals surface area contributed by atoms with Crippen molar-refractivity contribution in [3.63, 3.8) is 0 Å². The SMILES string of the molecule is CC(=O)N1CCN([C@H]2CN(CCOc3ccccc3)C[C@@H]2C)CC1. The second kappa shape index (κ2) is 7.99. The molecule has 2 aliphatic heterocycles. The molecule has 0 radical (unpaired) electrons. The average molecular weight is 331 g/mol. The number of carbonyl (C=O) groups is 1. The maximum Gasteiger partial charge on any atom is 0.219 e. The van der Waals surface area contributed by atoms with E-state index < -0.39 is 0 Å². The Hall–Kier alpha value is -1.59. The molecule has 3 rings (SSSR count). The van der Waals surface area contributed by atoms with E-state index in [1.165, 1.54) is 0 Å². The summed E-state index contributed by atoms with van der Waals surface area (Å²) >= 11 is 0. The Balaban J connectivity index is 1.42. The Morgan fingerprint density at radius 1 is 1.12 bits per heavy atom. The van der Waals surface area contributed by atoms with E-state index in [9.17, 15) is 4.79 Å². The van der Waals surface area contributed by atoms with Gasteiger partial charge in [-0.3, -0.25) is 14.6 Å². The van der Waals surface area contributed by atoms with Crippen LogP contribution in [0.25, 0.3) is 0 Å². The number of amides is 1. The van der Waals surface area contributed by atoms with Gasteiger partial charge in [-0.15, -0.1) is 0 Å². The highest BCUT2D eigenvalue weighted by Gasteiger charge is 2.35. The first-order valence-corrected chi connectivity index (χ1v) is 9.03. The normalized spacial score (nSPS) is 25.8. The summed E-state index contributed by atoms with van der Waals surface area (Å²) in [5.74, 6) is 1.82. The Kier molecular flexibility index (Phi) is 5.74. The fraction of sp³-hybridized carbons (Fsp3) is 0.632. The molecule has 132 valence electrons. The minimum absolute atomic E-state index is 0.203. The Bertz CT molecular complexity index is 529. The van der Waals surface area contributed by atoms with Gasteiger partial charge < -0.3 is 9.64 Å². The summed E-state index contributed by atoms with van der Waals surface area (Å²) in [4.78, 5) is 18.5. The largest absolute Gasteiger partial charge is 0.492 e. The summed E-state index contributed by atoms with van der Waals surface area (Å²) in [7, 11) is 0. The molecule has 2 saturated heterocycles. The van der Waals surface area contributed by atoms with Crippen LogP contribution in [0.1, 0.15) is 13.8 Å². The van der Waals surface area contributed by atoms with Crippen molar-refractivity contribution in [2.24, 2.45) is 5.92 Å². The zero-order chi connectivity index (χ0) is 16.9. The third kappa shape index (κ3) is 4.28. The smallest absolute Gasteiger partial charge is 0.219 e. The number of hydrogen-bond donors (Lipinski definition) is 0. The van der Waals surface area contributed by atoms with Crippen LogP contribution in [-0.4, -0.2) is 79.1 Å². The second-order valence-corrected chi connectivity index (χ2v) is 7.01. The van der Waals surface area contributed by atoms with Crippen molar-refractivity contribution in [1.82, 2.24) is 14.7 Å². The molecule has 0 aliphatic carbocycles. The first-order valence-electron chi connectivity index (χ1n) is 9.03. The monoisotopic (exact) mass is 331 g/mol. The van der Waals surface area contributed by atoms with Gasteiger partial charge in [-0.05, 0) is 18.1 Å². The van der Waals surface area contributed by atoms with Gasteiger partial charge in [-0.1, -0.05) is 25.1 Å². The van der Waals surface area contributed by atoms with E-state index in [-0.39, 0.29) is 5.91 Å². The number of likely N-dealkylation sites (tertiary alicyclic amines) is 1. The number of ether oxygens (including phenoxy) is 1. The lowest BCUT2D eigenvalue weighted by atomic mass is 10.0. The van der Waals surface area contributed by atoms with E-state index >= 15 is 0 Å². The van der Waals surface area contributed by atoms with Crippen LogP contribution in [0, 0.1) is 5.92 Å². The van der Waals surface area contributed by atoms with Crippen molar-refractivity contribution >= 4 is 5.91 Å². The number of carbonyl (C=O) groups excluding carboxylic acids is 1. The maximum atomic E-state index is 11.5. The number of piperazine rings is 1. The quantitative estimate of drug-likeness (QED) is 0.820. The van der Waals surface area contributed by atoms with Crippen LogP contribution in [0.2, 0.25) is 0 Å². The molecule has 1 aromatic carbocycles. The average Bonchev–Trinajstić information content (AvgIpc) is 2.96. The molecule has 2 heterocycles. The molecule has 0 N–H and O–H groups in total. The van der Waals surface area contributed by atoms with Crippen LogP contribution in [0.5, 0.6) is 5.75 Å². The standard InChI is InChI=1S/C19H29N3O2/c1-16-14-20(12-13-24-18-6-4-3-5-7-18)15-19(16)22-10-8-21(9-11-22)17(2)23/h3-7,16,19H,8-15H2,1-2H3/t16-,19-/m0/s1. The van der Waals surface area contributed by atoms with E-state index in [0.29, 0.717) is 12.0 Å². The van der Waals surface area contributed by atoms with E-state index in [1.54, 1.807) is 6.92 Å². The van der Waals surface area contributed by atoms with Crippen molar-refractivity contribution < 1.29 is 9.53 Å². The van der Waals surface area contributed by atoms with Gasteiger partial charge in [-0.2, -0.15) is 0 Å². The van der Waals surface area contributed by atoms with Crippen LogP contribution >= 0.6 is 0 Å². The zero-order valence-electron chi connectivity index (χ0n) is 14.9. The number of rotatable bonds is 5. The summed E-state index contributed by atoms with van der Waals surface area (Å²) < 4.78 is 5.82. The summed E-state index contributed by atoms with van der Waals surface area (Å²) in [6.45, 7) is 11.7. The maximum absolute atomic E-state index is 11.5. The van der Waals surface area contributed by atoms with Gasteiger partial charge in [0.2, 0.25) is 5.91 Å². The zero-order valence-corrected chi connectivity index (χ0v) is 14.9. The number of benzene rings is 1. The molecule has 0 bridgehead atoms. The molecule has 2 atom stereocenters. The number of para-hydroxylation sites is 1. The van der Waals surface area contributed by atoms with E-state index in [2.05, 4.69) is 16.7 Å².